The first-order chi connectivity index (χ1) is 8.95. The van der Waals surface area contributed by atoms with Gasteiger partial charge in [-0.15, -0.1) is 0 Å². The van der Waals surface area contributed by atoms with Gasteiger partial charge < -0.3 is 20.8 Å². The Balaban J connectivity index is 2.51. The van der Waals surface area contributed by atoms with E-state index in [-0.39, 0.29) is 6.04 Å². The van der Waals surface area contributed by atoms with Gasteiger partial charge in [-0.25, -0.2) is 9.59 Å². The number of hydrogen-bond acceptors (Lipinski definition) is 4. The van der Waals surface area contributed by atoms with Crippen LogP contribution in [-0.4, -0.2) is 51.9 Å². The van der Waals surface area contributed by atoms with Crippen molar-refractivity contribution in [2.45, 2.75) is 56.0 Å². The Morgan fingerprint density at radius 3 is 2.47 bits per heavy atom. The summed E-state index contributed by atoms with van der Waals surface area (Å²) in [5, 5.41) is 23.7. The molecule has 110 valence electrons. The van der Waals surface area contributed by atoms with Gasteiger partial charge in [0.2, 0.25) is 0 Å². The molecule has 0 bridgehead atoms. The van der Waals surface area contributed by atoms with Crippen molar-refractivity contribution >= 4 is 23.8 Å². The fraction of sp³-hybridized carbons (Fsp3) is 0.833. The Kier molecular flexibility index (Phi) is 6.44. The van der Waals surface area contributed by atoms with Crippen LogP contribution in [0.1, 0.15) is 32.6 Å². The van der Waals surface area contributed by atoms with E-state index < -0.39 is 24.1 Å². The topological polar surface area (TPSA) is 98.7 Å². The van der Waals surface area contributed by atoms with Crippen molar-refractivity contribution in [2.75, 3.05) is 6.26 Å². The van der Waals surface area contributed by atoms with Crippen LogP contribution in [0.2, 0.25) is 0 Å². The van der Waals surface area contributed by atoms with E-state index in [1.165, 1.54) is 6.92 Å². The number of aliphatic hydroxyl groups excluding tert-OH is 1. The number of urea groups is 1. The first-order valence-electron chi connectivity index (χ1n) is 6.46. The van der Waals surface area contributed by atoms with Crippen molar-refractivity contribution in [3.8, 4) is 0 Å². The largest absolute Gasteiger partial charge is 0.480 e. The number of carbonyl (C=O) groups is 2. The number of amides is 2. The standard InChI is InChI=1S/C12H22N2O4S/c1-7(15)10(11(16)17)14-12(18)13-8-5-3-4-6-9(8)19-2/h7-10,15H,3-6H2,1-2H3,(H,16,17)(H2,13,14,18). The second kappa shape index (κ2) is 7.59. The van der Waals surface area contributed by atoms with Crippen molar-refractivity contribution < 1.29 is 19.8 Å². The fourth-order valence-corrected chi connectivity index (χ4v) is 3.22. The highest BCUT2D eigenvalue weighted by Gasteiger charge is 2.29. The summed E-state index contributed by atoms with van der Waals surface area (Å²) in [7, 11) is 0. The summed E-state index contributed by atoms with van der Waals surface area (Å²) in [5.41, 5.74) is 0. The Hall–Kier alpha value is -0.950. The van der Waals surface area contributed by atoms with Crippen molar-refractivity contribution in [1.29, 1.82) is 0 Å². The van der Waals surface area contributed by atoms with Gasteiger partial charge in [-0.1, -0.05) is 12.8 Å². The van der Waals surface area contributed by atoms with Crippen molar-refractivity contribution in [2.24, 2.45) is 0 Å². The summed E-state index contributed by atoms with van der Waals surface area (Å²) in [6.45, 7) is 1.34. The van der Waals surface area contributed by atoms with Crippen LogP contribution in [0.25, 0.3) is 0 Å². The SMILES string of the molecule is CSC1CCCCC1NC(=O)NC(C(=O)O)C(C)O. The molecule has 0 aromatic rings. The van der Waals surface area contributed by atoms with E-state index in [4.69, 9.17) is 5.11 Å². The number of rotatable bonds is 5. The monoisotopic (exact) mass is 290 g/mol. The normalized spacial score (nSPS) is 26.3. The van der Waals surface area contributed by atoms with Crippen LogP contribution in [0.5, 0.6) is 0 Å². The predicted molar refractivity (Wildman–Crippen MR) is 74.3 cm³/mol. The molecule has 0 saturated heterocycles. The molecule has 0 aliphatic heterocycles. The maximum Gasteiger partial charge on any atom is 0.328 e. The average molecular weight is 290 g/mol. The third-order valence-electron chi connectivity index (χ3n) is 3.36. The zero-order valence-electron chi connectivity index (χ0n) is 11.3. The Morgan fingerprint density at radius 1 is 1.32 bits per heavy atom. The molecule has 6 nitrogen and oxygen atoms in total. The molecular formula is C12H22N2O4S. The zero-order chi connectivity index (χ0) is 14.4. The predicted octanol–water partition coefficient (Wildman–Crippen LogP) is 0.794. The molecule has 4 N–H and O–H groups in total. The van der Waals surface area contributed by atoms with E-state index in [2.05, 4.69) is 10.6 Å². The zero-order valence-corrected chi connectivity index (χ0v) is 12.1. The summed E-state index contributed by atoms with van der Waals surface area (Å²) in [4.78, 5) is 22.7. The molecule has 1 aliphatic carbocycles. The Labute approximate surface area is 117 Å². The number of carboxylic acids is 1. The van der Waals surface area contributed by atoms with Gasteiger partial charge in [0.05, 0.1) is 6.10 Å². The van der Waals surface area contributed by atoms with Gasteiger partial charge in [-0.3, -0.25) is 0 Å². The van der Waals surface area contributed by atoms with Gasteiger partial charge in [0.1, 0.15) is 0 Å². The molecule has 0 heterocycles. The number of nitrogens with one attached hydrogen (secondary N) is 2. The molecule has 19 heavy (non-hydrogen) atoms. The second-order valence-electron chi connectivity index (χ2n) is 4.84. The highest BCUT2D eigenvalue weighted by Crippen LogP contribution is 2.26. The molecular weight excluding hydrogens is 268 g/mol. The number of aliphatic hydroxyl groups is 1. The summed E-state index contributed by atoms with van der Waals surface area (Å²) in [6, 6.07) is -1.75. The molecule has 0 radical (unpaired) electrons. The maximum absolute atomic E-state index is 11.8. The Morgan fingerprint density at radius 2 is 1.95 bits per heavy atom. The summed E-state index contributed by atoms with van der Waals surface area (Å²) >= 11 is 1.72. The van der Waals surface area contributed by atoms with E-state index in [9.17, 15) is 14.7 Å². The molecule has 4 unspecified atom stereocenters. The first-order valence-corrected chi connectivity index (χ1v) is 7.75. The van der Waals surface area contributed by atoms with Gasteiger partial charge in [-0.05, 0) is 26.0 Å². The van der Waals surface area contributed by atoms with E-state index in [1.54, 1.807) is 11.8 Å². The molecule has 1 saturated carbocycles. The van der Waals surface area contributed by atoms with Crippen LogP contribution in [0.3, 0.4) is 0 Å². The summed E-state index contributed by atoms with van der Waals surface area (Å²) in [5.74, 6) is -1.24. The van der Waals surface area contributed by atoms with Crippen molar-refractivity contribution in [3.05, 3.63) is 0 Å². The van der Waals surface area contributed by atoms with Gasteiger partial charge in [0, 0.05) is 11.3 Å². The van der Waals surface area contributed by atoms with Crippen LogP contribution >= 0.6 is 11.8 Å². The lowest BCUT2D eigenvalue weighted by Gasteiger charge is -2.31. The molecule has 0 aromatic carbocycles. The maximum atomic E-state index is 11.8. The molecule has 1 fully saturated rings. The number of carbonyl (C=O) groups excluding carboxylic acids is 1. The van der Waals surface area contributed by atoms with E-state index in [1.807, 2.05) is 6.26 Å². The minimum Gasteiger partial charge on any atom is -0.480 e. The van der Waals surface area contributed by atoms with Gasteiger partial charge >= 0.3 is 12.0 Å². The highest BCUT2D eigenvalue weighted by molar-refractivity contribution is 7.99. The second-order valence-corrected chi connectivity index (χ2v) is 5.92. The average Bonchev–Trinajstić information content (AvgIpc) is 2.36. The van der Waals surface area contributed by atoms with Gasteiger partial charge in [0.25, 0.3) is 0 Å². The molecule has 4 atom stereocenters. The number of aliphatic carboxylic acids is 1. The molecule has 1 aliphatic rings. The molecule has 1 rings (SSSR count). The lowest BCUT2D eigenvalue weighted by atomic mass is 9.95. The minimum atomic E-state index is -1.28. The highest BCUT2D eigenvalue weighted by atomic mass is 32.2. The van der Waals surface area contributed by atoms with E-state index >= 15 is 0 Å². The van der Waals surface area contributed by atoms with Crippen LogP contribution in [0.4, 0.5) is 4.79 Å². The first kappa shape index (κ1) is 16.1. The third-order valence-corrected chi connectivity index (χ3v) is 4.53. The summed E-state index contributed by atoms with van der Waals surface area (Å²) < 4.78 is 0. The molecule has 7 heteroatoms. The Bertz CT molecular complexity index is 325. The van der Waals surface area contributed by atoms with Gasteiger partial charge in [0.15, 0.2) is 6.04 Å². The molecule has 0 spiro atoms. The smallest absolute Gasteiger partial charge is 0.328 e. The summed E-state index contributed by atoms with van der Waals surface area (Å²) in [6.07, 6.45) is 5.08. The van der Waals surface area contributed by atoms with Crippen LogP contribution in [0, 0.1) is 0 Å². The molecule has 2 amide bonds. The fourth-order valence-electron chi connectivity index (χ4n) is 2.28. The van der Waals surface area contributed by atoms with Gasteiger partial charge in [-0.2, -0.15) is 11.8 Å². The van der Waals surface area contributed by atoms with Crippen LogP contribution in [-0.2, 0) is 4.79 Å². The lowest BCUT2D eigenvalue weighted by Crippen LogP contribution is -2.55. The number of carboxylic acid groups (broad SMARTS) is 1. The molecule has 0 aromatic heterocycles. The third kappa shape index (κ3) is 4.91. The van der Waals surface area contributed by atoms with E-state index in [0.717, 1.165) is 25.7 Å². The quantitative estimate of drug-likeness (QED) is 0.600. The minimum absolute atomic E-state index is 0.0622. The lowest BCUT2D eigenvalue weighted by molar-refractivity contribution is -0.141. The van der Waals surface area contributed by atoms with E-state index in [0.29, 0.717) is 5.25 Å². The van der Waals surface area contributed by atoms with Crippen molar-refractivity contribution in [1.82, 2.24) is 10.6 Å². The van der Waals surface area contributed by atoms with Crippen LogP contribution in [0.15, 0.2) is 0 Å². The number of hydrogen-bond donors (Lipinski definition) is 4. The number of thioether (sulfide) groups is 1. The van der Waals surface area contributed by atoms with Crippen molar-refractivity contribution in [3.63, 3.8) is 0 Å². The van der Waals surface area contributed by atoms with Crippen LogP contribution < -0.4 is 10.6 Å².